The first-order valence-electron chi connectivity index (χ1n) is 6.03. The smallest absolute Gasteiger partial charge is 0.120 e. The van der Waals surface area contributed by atoms with Crippen LogP contribution in [0.4, 0.5) is 0 Å². The van der Waals surface area contributed by atoms with Crippen molar-refractivity contribution < 1.29 is 4.74 Å². The summed E-state index contributed by atoms with van der Waals surface area (Å²) in [6, 6.07) is 6.02. The number of nitroso groups, excluding NO2 is 1. The summed E-state index contributed by atoms with van der Waals surface area (Å²) in [5.74, 6) is 0.833. The van der Waals surface area contributed by atoms with Crippen LogP contribution in [0.15, 0.2) is 23.5 Å². The summed E-state index contributed by atoms with van der Waals surface area (Å²) in [5, 5.41) is 5.86. The highest BCUT2D eigenvalue weighted by atomic mass is 16.5. The number of rotatable bonds is 2. The minimum absolute atomic E-state index is 0.00430. The fraction of sp³-hybridized carbons (Fsp3) is 0.385. The number of nitrogens with one attached hydrogen (secondary N) is 1. The van der Waals surface area contributed by atoms with Gasteiger partial charge in [0.05, 0.1) is 18.4 Å². The van der Waals surface area contributed by atoms with E-state index >= 15 is 0 Å². The number of H-pyrrole nitrogens is 1. The zero-order valence-electron chi connectivity index (χ0n) is 10.4. The van der Waals surface area contributed by atoms with Crippen LogP contribution in [-0.4, -0.2) is 23.6 Å². The molecule has 5 nitrogen and oxygen atoms in total. The Morgan fingerprint density at radius 1 is 1.50 bits per heavy atom. The maximum atomic E-state index is 10.7. The molecule has 1 atom stereocenters. The third kappa shape index (κ3) is 1.47. The van der Waals surface area contributed by atoms with Crippen molar-refractivity contribution in [3.63, 3.8) is 0 Å². The molecule has 0 aliphatic carbocycles. The second kappa shape index (κ2) is 4.01. The second-order valence-corrected chi connectivity index (χ2v) is 4.60. The fourth-order valence-corrected chi connectivity index (χ4v) is 2.69. The number of methoxy groups -OCH3 is 1. The van der Waals surface area contributed by atoms with E-state index in [9.17, 15) is 4.91 Å². The Morgan fingerprint density at radius 3 is 3.06 bits per heavy atom. The molecule has 94 valence electrons. The van der Waals surface area contributed by atoms with Gasteiger partial charge in [0.25, 0.3) is 0 Å². The average molecular weight is 245 g/mol. The maximum absolute atomic E-state index is 10.7. The molecule has 18 heavy (non-hydrogen) atoms. The standard InChI is InChI=1S/C13H15N3O2/c1-8-13-11(5-6-16(8)15-17)10-4-3-9(18-2)7-12(10)14-13/h3-4,7-8,14H,5-6H2,1-2H3/t8-/m0/s1. The molecule has 2 heterocycles. The highest BCUT2D eigenvalue weighted by Gasteiger charge is 2.27. The van der Waals surface area contributed by atoms with E-state index in [-0.39, 0.29) is 6.04 Å². The summed E-state index contributed by atoms with van der Waals surface area (Å²) >= 11 is 0. The predicted molar refractivity (Wildman–Crippen MR) is 69.5 cm³/mol. The van der Waals surface area contributed by atoms with Crippen LogP contribution in [0.2, 0.25) is 0 Å². The van der Waals surface area contributed by atoms with Crippen molar-refractivity contribution in [1.29, 1.82) is 0 Å². The molecule has 0 fully saturated rings. The van der Waals surface area contributed by atoms with Crippen LogP contribution in [0.5, 0.6) is 5.75 Å². The fourth-order valence-electron chi connectivity index (χ4n) is 2.69. The van der Waals surface area contributed by atoms with Crippen LogP contribution in [0, 0.1) is 4.91 Å². The summed E-state index contributed by atoms with van der Waals surface area (Å²) in [5.41, 5.74) is 3.43. The van der Waals surface area contributed by atoms with Gasteiger partial charge in [-0.25, -0.2) is 0 Å². The number of fused-ring (bicyclic) bond motifs is 3. The summed E-state index contributed by atoms with van der Waals surface area (Å²) in [7, 11) is 1.66. The van der Waals surface area contributed by atoms with Gasteiger partial charge in [0.1, 0.15) is 5.75 Å². The number of hydrogen-bond acceptors (Lipinski definition) is 3. The van der Waals surface area contributed by atoms with Crippen molar-refractivity contribution >= 4 is 10.9 Å². The first kappa shape index (κ1) is 11.1. The molecular formula is C13H15N3O2. The van der Waals surface area contributed by atoms with E-state index in [1.54, 1.807) is 12.1 Å². The Morgan fingerprint density at radius 2 is 2.33 bits per heavy atom. The molecule has 0 amide bonds. The molecule has 3 rings (SSSR count). The molecule has 1 N–H and O–H groups in total. The predicted octanol–water partition coefficient (Wildman–Crippen LogP) is 2.78. The number of nitrogens with zero attached hydrogens (tertiary/aromatic N) is 2. The monoisotopic (exact) mass is 245 g/mol. The summed E-state index contributed by atoms with van der Waals surface area (Å²) in [4.78, 5) is 14.1. The van der Waals surface area contributed by atoms with Crippen LogP contribution in [0.3, 0.4) is 0 Å². The molecule has 0 unspecified atom stereocenters. The Balaban J connectivity index is 2.16. The number of benzene rings is 1. The van der Waals surface area contributed by atoms with Crippen LogP contribution in [0.25, 0.3) is 10.9 Å². The van der Waals surface area contributed by atoms with E-state index in [4.69, 9.17) is 4.74 Å². The van der Waals surface area contributed by atoms with Crippen molar-refractivity contribution in [1.82, 2.24) is 9.99 Å². The lowest BCUT2D eigenvalue weighted by atomic mass is 10.00. The van der Waals surface area contributed by atoms with Crippen LogP contribution >= 0.6 is 0 Å². The summed E-state index contributed by atoms with van der Waals surface area (Å²) < 4.78 is 5.22. The van der Waals surface area contributed by atoms with Gasteiger partial charge in [-0.05, 0) is 31.0 Å². The van der Waals surface area contributed by atoms with Gasteiger partial charge >= 0.3 is 0 Å². The Labute approximate surface area is 105 Å². The zero-order valence-corrected chi connectivity index (χ0v) is 10.4. The first-order chi connectivity index (χ1) is 8.74. The molecule has 0 bridgehead atoms. The topological polar surface area (TPSA) is 57.7 Å². The largest absolute Gasteiger partial charge is 0.497 e. The van der Waals surface area contributed by atoms with Crippen LogP contribution in [-0.2, 0) is 6.42 Å². The van der Waals surface area contributed by atoms with Crippen LogP contribution in [0.1, 0.15) is 24.2 Å². The Kier molecular flexibility index (Phi) is 2.47. The van der Waals surface area contributed by atoms with Gasteiger partial charge in [-0.1, -0.05) is 0 Å². The number of aromatic nitrogens is 1. The lowest BCUT2D eigenvalue weighted by molar-refractivity contribution is 0.202. The van der Waals surface area contributed by atoms with E-state index in [0.29, 0.717) is 6.54 Å². The lowest BCUT2D eigenvalue weighted by Crippen LogP contribution is -2.28. The third-order valence-electron chi connectivity index (χ3n) is 3.71. The van der Waals surface area contributed by atoms with Gasteiger partial charge in [-0.15, -0.1) is 4.91 Å². The van der Waals surface area contributed by atoms with Crippen LogP contribution < -0.4 is 4.74 Å². The third-order valence-corrected chi connectivity index (χ3v) is 3.71. The highest BCUT2D eigenvalue weighted by Crippen LogP contribution is 2.35. The van der Waals surface area contributed by atoms with Gasteiger partial charge in [-0.3, -0.25) is 5.01 Å². The molecular weight excluding hydrogens is 230 g/mol. The van der Waals surface area contributed by atoms with Crippen molar-refractivity contribution in [2.24, 2.45) is 5.29 Å². The summed E-state index contributed by atoms with van der Waals surface area (Å²) in [6.07, 6.45) is 0.845. The molecule has 0 spiro atoms. The SMILES string of the molecule is COc1ccc2c3c([nH]c2c1)[C@H](C)N(N=O)CC3. The molecule has 1 aromatic heterocycles. The maximum Gasteiger partial charge on any atom is 0.120 e. The van der Waals surface area contributed by atoms with Crippen molar-refractivity contribution in [2.45, 2.75) is 19.4 Å². The second-order valence-electron chi connectivity index (χ2n) is 4.60. The summed E-state index contributed by atoms with van der Waals surface area (Å²) in [6.45, 7) is 2.67. The first-order valence-corrected chi connectivity index (χ1v) is 6.03. The molecule has 1 aromatic carbocycles. The Bertz CT molecular complexity index is 606. The van der Waals surface area contributed by atoms with Gasteiger partial charge in [0, 0.05) is 29.2 Å². The minimum Gasteiger partial charge on any atom is -0.497 e. The molecule has 5 heteroatoms. The van der Waals surface area contributed by atoms with E-state index in [2.05, 4.69) is 16.3 Å². The van der Waals surface area contributed by atoms with Gasteiger partial charge in [-0.2, -0.15) is 0 Å². The normalized spacial score (nSPS) is 18.8. The number of aromatic amines is 1. The minimum atomic E-state index is 0.00430. The zero-order chi connectivity index (χ0) is 12.7. The Hall–Kier alpha value is -2.04. The highest BCUT2D eigenvalue weighted by molar-refractivity contribution is 5.86. The molecule has 0 radical (unpaired) electrons. The quantitative estimate of drug-likeness (QED) is 0.828. The molecule has 2 aromatic rings. The van der Waals surface area contributed by atoms with Crippen molar-refractivity contribution in [3.05, 3.63) is 34.4 Å². The van der Waals surface area contributed by atoms with E-state index in [1.165, 1.54) is 10.9 Å². The van der Waals surface area contributed by atoms with E-state index in [0.717, 1.165) is 23.4 Å². The molecule has 0 saturated carbocycles. The van der Waals surface area contributed by atoms with Crippen molar-refractivity contribution in [3.8, 4) is 5.75 Å². The molecule has 1 aliphatic heterocycles. The van der Waals surface area contributed by atoms with Crippen molar-refractivity contribution in [2.75, 3.05) is 13.7 Å². The number of hydrogen-bond donors (Lipinski definition) is 1. The van der Waals surface area contributed by atoms with Gasteiger partial charge < -0.3 is 9.72 Å². The number of ether oxygens (including phenoxy) is 1. The average Bonchev–Trinajstić information content (AvgIpc) is 2.77. The van der Waals surface area contributed by atoms with E-state index in [1.807, 2.05) is 19.1 Å². The van der Waals surface area contributed by atoms with E-state index < -0.39 is 0 Å². The molecule has 1 aliphatic rings. The van der Waals surface area contributed by atoms with Gasteiger partial charge in [0.2, 0.25) is 0 Å². The van der Waals surface area contributed by atoms with Gasteiger partial charge in [0.15, 0.2) is 0 Å². The molecule has 0 saturated heterocycles. The lowest BCUT2D eigenvalue weighted by Gasteiger charge is -2.28.